The highest BCUT2D eigenvalue weighted by Gasteiger charge is 2.35. The molecule has 1 unspecified atom stereocenters. The van der Waals surface area contributed by atoms with Crippen LogP contribution in [-0.4, -0.2) is 95.7 Å². The molecule has 40 heavy (non-hydrogen) atoms. The van der Waals surface area contributed by atoms with Crippen LogP contribution in [0.3, 0.4) is 0 Å². The molecule has 1 saturated heterocycles. The van der Waals surface area contributed by atoms with Gasteiger partial charge in [-0.05, 0) is 64.5 Å². The first-order valence-electron chi connectivity index (χ1n) is 14.6. The fourth-order valence-electron chi connectivity index (χ4n) is 4.29. The maximum Gasteiger partial charge on any atom is 0.407 e. The Morgan fingerprint density at radius 3 is 2.23 bits per heavy atom. The van der Waals surface area contributed by atoms with Gasteiger partial charge in [0.2, 0.25) is 0 Å². The Labute approximate surface area is 239 Å². The predicted octanol–water partition coefficient (Wildman–Crippen LogP) is 3.79. The van der Waals surface area contributed by atoms with Crippen LogP contribution in [0.1, 0.15) is 77.6 Å². The van der Waals surface area contributed by atoms with Crippen LogP contribution in [0.4, 0.5) is 4.79 Å². The van der Waals surface area contributed by atoms with Gasteiger partial charge in [-0.2, -0.15) is 0 Å². The molecule has 0 radical (unpaired) electrons. The molecule has 1 heterocycles. The second-order valence-electron chi connectivity index (χ2n) is 10.2. The molecule has 11 heteroatoms. The molecule has 0 aliphatic carbocycles. The van der Waals surface area contributed by atoms with E-state index >= 15 is 0 Å². The molecule has 1 N–H and O–H groups in total. The second kappa shape index (κ2) is 23.1. The third-order valence-corrected chi connectivity index (χ3v) is 6.55. The highest BCUT2D eigenvalue weighted by molar-refractivity contribution is 5.70. The number of ether oxygens (including phenoxy) is 5. The van der Waals surface area contributed by atoms with Gasteiger partial charge in [-0.25, -0.2) is 4.79 Å². The summed E-state index contributed by atoms with van der Waals surface area (Å²) in [6, 6.07) is 0. The number of hydrogen-bond acceptors (Lipinski definition) is 10. The number of rotatable bonds is 24. The number of carbonyl (C=O) groups excluding carboxylic acids is 4. The molecule has 0 aromatic heterocycles. The first-order chi connectivity index (χ1) is 19.4. The van der Waals surface area contributed by atoms with E-state index in [0.717, 1.165) is 45.3 Å². The summed E-state index contributed by atoms with van der Waals surface area (Å²) in [5.41, 5.74) is -1.03. The minimum Gasteiger partial charge on any atom is -0.467 e. The highest BCUT2D eigenvalue weighted by atomic mass is 16.6. The number of esters is 2. The van der Waals surface area contributed by atoms with Gasteiger partial charge in [-0.15, -0.1) is 0 Å². The molecule has 1 amide bonds. The maximum absolute atomic E-state index is 12.3. The van der Waals surface area contributed by atoms with E-state index in [4.69, 9.17) is 23.7 Å². The van der Waals surface area contributed by atoms with Gasteiger partial charge in [0.1, 0.15) is 19.8 Å². The first kappa shape index (κ1) is 35.4. The van der Waals surface area contributed by atoms with Crippen LogP contribution in [0.15, 0.2) is 12.2 Å². The Kier molecular flexibility index (Phi) is 20.4. The summed E-state index contributed by atoms with van der Waals surface area (Å²) in [4.78, 5) is 49.5. The van der Waals surface area contributed by atoms with Gasteiger partial charge in [-0.3, -0.25) is 14.4 Å². The molecular weight excluding hydrogens is 520 g/mol. The number of nitrogens with one attached hydrogen (secondary N) is 1. The fourth-order valence-corrected chi connectivity index (χ4v) is 4.29. The van der Waals surface area contributed by atoms with Crippen molar-refractivity contribution in [1.82, 2.24) is 10.2 Å². The number of hydrogen-bond donors (Lipinski definition) is 1. The van der Waals surface area contributed by atoms with Crippen molar-refractivity contribution in [2.45, 2.75) is 77.6 Å². The summed E-state index contributed by atoms with van der Waals surface area (Å²) >= 11 is 0. The first-order valence-corrected chi connectivity index (χ1v) is 14.6. The number of carbonyl (C=O) groups is 4. The lowest BCUT2D eigenvalue weighted by atomic mass is 9.92. The molecule has 11 nitrogen and oxygen atoms in total. The number of unbranched alkanes of at least 4 members (excludes halogenated alkanes) is 4. The van der Waals surface area contributed by atoms with E-state index in [0.29, 0.717) is 38.8 Å². The van der Waals surface area contributed by atoms with Gasteiger partial charge in [0.25, 0.3) is 6.47 Å². The Balaban J connectivity index is 2.29. The van der Waals surface area contributed by atoms with E-state index in [1.807, 2.05) is 0 Å². The molecule has 0 aromatic carbocycles. The van der Waals surface area contributed by atoms with Crippen molar-refractivity contribution in [3.63, 3.8) is 0 Å². The zero-order valence-corrected chi connectivity index (χ0v) is 24.5. The standard InChI is InChI=1S/C29H50N2O9/c1-3-4-5-6-7-13-20-38-26(33)14-9-8-10-15-27(34)39-23-29(21-36-2,22-37-25-32)24-40-28(35)30-16-19-31-17-11-12-18-31/h4-5,25H,3,6-24H2,1-2H3,(H,30,35)/b5-4-. The lowest BCUT2D eigenvalue weighted by Gasteiger charge is -2.30. The molecule has 0 aromatic rings. The fraction of sp³-hybridized carbons (Fsp3) is 0.793. The third-order valence-electron chi connectivity index (χ3n) is 6.55. The topological polar surface area (TPSA) is 130 Å². The molecule has 230 valence electrons. The molecule has 1 atom stereocenters. The summed E-state index contributed by atoms with van der Waals surface area (Å²) in [7, 11) is 1.46. The van der Waals surface area contributed by atoms with Gasteiger partial charge in [0.05, 0.1) is 18.6 Å². The van der Waals surface area contributed by atoms with E-state index in [2.05, 4.69) is 29.3 Å². The lowest BCUT2D eigenvalue weighted by Crippen LogP contribution is -2.44. The lowest BCUT2D eigenvalue weighted by molar-refractivity contribution is -0.155. The molecule has 1 aliphatic rings. The van der Waals surface area contributed by atoms with Crippen LogP contribution in [-0.2, 0) is 38.1 Å². The van der Waals surface area contributed by atoms with E-state index in [1.54, 1.807) is 0 Å². The van der Waals surface area contributed by atoms with Crippen LogP contribution in [0.25, 0.3) is 0 Å². The minimum absolute atomic E-state index is 0.0483. The molecule has 1 fully saturated rings. The van der Waals surface area contributed by atoms with Gasteiger partial charge < -0.3 is 33.9 Å². The van der Waals surface area contributed by atoms with E-state index in [1.165, 1.54) is 20.0 Å². The highest BCUT2D eigenvalue weighted by Crippen LogP contribution is 2.21. The number of allylic oxidation sites excluding steroid dienone is 2. The van der Waals surface area contributed by atoms with Crippen molar-refractivity contribution in [2.24, 2.45) is 5.41 Å². The van der Waals surface area contributed by atoms with Crippen LogP contribution in [0, 0.1) is 5.41 Å². The van der Waals surface area contributed by atoms with Crippen molar-refractivity contribution in [3.05, 3.63) is 12.2 Å². The van der Waals surface area contributed by atoms with Crippen LogP contribution < -0.4 is 5.32 Å². The van der Waals surface area contributed by atoms with E-state index in [9.17, 15) is 19.2 Å². The Morgan fingerprint density at radius 2 is 1.55 bits per heavy atom. The molecule has 0 bridgehead atoms. The second-order valence-corrected chi connectivity index (χ2v) is 10.2. The molecular formula is C29H50N2O9. The van der Waals surface area contributed by atoms with Crippen LogP contribution in [0.2, 0.25) is 0 Å². The monoisotopic (exact) mass is 570 g/mol. The quantitative estimate of drug-likeness (QED) is 0.0601. The summed E-state index contributed by atoms with van der Waals surface area (Å²) in [6.07, 6.45) is 12.3. The van der Waals surface area contributed by atoms with Crippen molar-refractivity contribution in [2.75, 3.05) is 66.3 Å². The van der Waals surface area contributed by atoms with Gasteiger partial charge in [0, 0.05) is 33.0 Å². The molecule has 1 aliphatic heterocycles. The smallest absolute Gasteiger partial charge is 0.407 e. The van der Waals surface area contributed by atoms with E-state index < -0.39 is 17.5 Å². The zero-order valence-electron chi connectivity index (χ0n) is 24.5. The van der Waals surface area contributed by atoms with Crippen molar-refractivity contribution in [1.29, 1.82) is 0 Å². The van der Waals surface area contributed by atoms with Gasteiger partial charge >= 0.3 is 18.0 Å². The number of nitrogens with zero attached hydrogens (tertiary/aromatic N) is 1. The van der Waals surface area contributed by atoms with Gasteiger partial charge in [0.15, 0.2) is 0 Å². The molecule has 1 rings (SSSR count). The van der Waals surface area contributed by atoms with Crippen molar-refractivity contribution >= 4 is 24.5 Å². The summed E-state index contributed by atoms with van der Waals surface area (Å²) in [5.74, 6) is -0.646. The van der Waals surface area contributed by atoms with Crippen molar-refractivity contribution < 1.29 is 42.9 Å². The Hall–Kier alpha value is -2.66. The largest absolute Gasteiger partial charge is 0.467 e. The average molecular weight is 571 g/mol. The number of amides is 1. The minimum atomic E-state index is -1.03. The van der Waals surface area contributed by atoms with Crippen molar-refractivity contribution in [3.8, 4) is 0 Å². The predicted molar refractivity (Wildman–Crippen MR) is 150 cm³/mol. The number of methoxy groups -OCH3 is 1. The van der Waals surface area contributed by atoms with E-state index in [-0.39, 0.29) is 45.3 Å². The Bertz CT molecular complexity index is 741. The zero-order chi connectivity index (χ0) is 29.3. The summed E-state index contributed by atoms with van der Waals surface area (Å²) < 4.78 is 26.2. The maximum atomic E-state index is 12.3. The number of alkyl carbamates (subject to hydrolysis) is 1. The van der Waals surface area contributed by atoms with Gasteiger partial charge in [-0.1, -0.05) is 25.5 Å². The third kappa shape index (κ3) is 17.8. The Morgan fingerprint density at radius 1 is 0.850 bits per heavy atom. The number of likely N-dealkylation sites (tertiary alicyclic amines) is 1. The normalized spacial score (nSPS) is 14.9. The van der Waals surface area contributed by atoms with Crippen LogP contribution in [0.5, 0.6) is 0 Å². The SMILES string of the molecule is CC/C=C\CCCCOC(=O)CCCCCC(=O)OCC(COC)(COC=O)COC(=O)NCCN1CCCC1. The van der Waals surface area contributed by atoms with Crippen LogP contribution >= 0.6 is 0 Å². The average Bonchev–Trinajstić information content (AvgIpc) is 3.47. The summed E-state index contributed by atoms with van der Waals surface area (Å²) in [6.45, 7) is 5.71. The molecule has 0 saturated carbocycles. The summed E-state index contributed by atoms with van der Waals surface area (Å²) in [5, 5.41) is 2.72. The molecule has 0 spiro atoms.